The lowest BCUT2D eigenvalue weighted by atomic mass is 10.0. The smallest absolute Gasteiger partial charge is 0.281 e. The molecule has 0 amide bonds. The Morgan fingerprint density at radius 3 is 2.84 bits per heavy atom. The van der Waals surface area contributed by atoms with Crippen molar-refractivity contribution >= 4 is 33.8 Å². The number of hydrogen-bond acceptors (Lipinski definition) is 7. The number of nitrogens with one attached hydrogen (secondary N) is 1. The van der Waals surface area contributed by atoms with E-state index in [-0.39, 0.29) is 17.0 Å². The summed E-state index contributed by atoms with van der Waals surface area (Å²) in [6.45, 7) is -0.841. The van der Waals surface area contributed by atoms with Crippen LogP contribution in [-0.4, -0.2) is 46.0 Å². The van der Waals surface area contributed by atoms with Gasteiger partial charge < -0.3 is 15.5 Å². The van der Waals surface area contributed by atoms with Gasteiger partial charge in [0.25, 0.3) is 12.0 Å². The predicted molar refractivity (Wildman–Crippen MR) is 137 cm³/mol. The van der Waals surface area contributed by atoms with Gasteiger partial charge in [-0.15, -0.1) is 0 Å². The van der Waals surface area contributed by atoms with E-state index in [1.54, 1.807) is 61.9 Å². The molecule has 0 radical (unpaired) electrons. The molecular weight excluding hydrogens is 480 g/mol. The molecule has 5 rings (SSSR count). The van der Waals surface area contributed by atoms with Crippen molar-refractivity contribution in [2.24, 2.45) is 4.99 Å². The van der Waals surface area contributed by atoms with Crippen molar-refractivity contribution in [1.82, 2.24) is 19.7 Å². The summed E-state index contributed by atoms with van der Waals surface area (Å²) in [5, 5.41) is 14.6. The monoisotopic (exact) mass is 499 g/mol. The topological polar surface area (TPSA) is 135 Å². The second-order valence-corrected chi connectivity index (χ2v) is 8.09. The number of benzene rings is 2. The van der Waals surface area contributed by atoms with Crippen LogP contribution in [-0.2, 0) is 0 Å². The highest BCUT2D eigenvalue weighted by Gasteiger charge is 2.19. The summed E-state index contributed by atoms with van der Waals surface area (Å²) in [4.78, 5) is 25.3. The van der Waals surface area contributed by atoms with E-state index >= 15 is 0 Å². The Balaban J connectivity index is 1.80. The van der Waals surface area contributed by atoms with Crippen molar-refractivity contribution in [2.75, 3.05) is 19.4 Å². The van der Waals surface area contributed by atoms with Crippen molar-refractivity contribution in [2.45, 2.75) is 6.43 Å². The van der Waals surface area contributed by atoms with E-state index in [1.807, 2.05) is 0 Å². The molecule has 3 aromatic heterocycles. The van der Waals surface area contributed by atoms with Crippen LogP contribution in [0.2, 0.25) is 0 Å². The molecular formula is C26H19F2N7O2. The third kappa shape index (κ3) is 4.36. The van der Waals surface area contributed by atoms with Crippen LogP contribution in [0.4, 0.5) is 14.5 Å². The number of aromatic nitrogens is 4. The average Bonchev–Trinajstić information content (AvgIpc) is 3.31. The zero-order valence-corrected chi connectivity index (χ0v) is 19.4. The maximum absolute atomic E-state index is 13.9. The number of fused-ring (bicyclic) bond motifs is 2. The molecule has 0 aliphatic heterocycles. The van der Waals surface area contributed by atoms with Gasteiger partial charge in [0.15, 0.2) is 6.61 Å². The maximum atomic E-state index is 13.9. The van der Waals surface area contributed by atoms with Gasteiger partial charge in [-0.25, -0.2) is 13.8 Å². The molecule has 0 aliphatic rings. The third-order valence-corrected chi connectivity index (χ3v) is 5.73. The summed E-state index contributed by atoms with van der Waals surface area (Å²) in [7, 11) is 1.61. The number of hydrogen-bond donors (Lipinski definition) is 2. The number of rotatable bonds is 6. The fourth-order valence-corrected chi connectivity index (χ4v) is 4.04. The van der Waals surface area contributed by atoms with Gasteiger partial charge in [0.2, 0.25) is 5.88 Å². The first-order valence-corrected chi connectivity index (χ1v) is 11.1. The number of nitrogen functional groups attached to an aromatic ring is 1. The highest BCUT2D eigenvalue weighted by atomic mass is 19.3. The Morgan fingerprint density at radius 2 is 2.08 bits per heavy atom. The number of nitrogens with zero attached hydrogens (tertiary/aromatic N) is 5. The molecule has 0 aliphatic carbocycles. The minimum Gasteiger partial charge on any atom is -0.472 e. The molecule has 3 heterocycles. The summed E-state index contributed by atoms with van der Waals surface area (Å²) in [6.07, 6.45) is 0.468. The van der Waals surface area contributed by atoms with Crippen molar-refractivity contribution in [1.29, 1.82) is 5.26 Å². The molecule has 37 heavy (non-hydrogen) atoms. The first-order chi connectivity index (χ1) is 17.9. The molecule has 5 aromatic rings. The van der Waals surface area contributed by atoms with E-state index in [0.717, 1.165) is 5.52 Å². The number of aromatic amines is 1. The van der Waals surface area contributed by atoms with Crippen LogP contribution < -0.4 is 16.0 Å². The molecule has 0 unspecified atom stereocenters. The Kier molecular flexibility index (Phi) is 6.07. The van der Waals surface area contributed by atoms with E-state index < -0.39 is 18.6 Å². The van der Waals surface area contributed by atoms with Crippen LogP contribution >= 0.6 is 0 Å². The largest absolute Gasteiger partial charge is 0.472 e. The first kappa shape index (κ1) is 23.6. The summed E-state index contributed by atoms with van der Waals surface area (Å²) in [5.41, 5.74) is 9.32. The van der Waals surface area contributed by atoms with E-state index in [4.69, 9.17) is 10.5 Å². The number of H-pyrrole nitrogens is 1. The van der Waals surface area contributed by atoms with E-state index in [0.29, 0.717) is 39.0 Å². The lowest BCUT2D eigenvalue weighted by Gasteiger charge is -2.13. The van der Waals surface area contributed by atoms with Gasteiger partial charge in [-0.1, -0.05) is 6.07 Å². The van der Waals surface area contributed by atoms with Gasteiger partial charge in [0.1, 0.15) is 17.1 Å². The average molecular weight is 499 g/mol. The summed E-state index contributed by atoms with van der Waals surface area (Å²) in [5.74, 6) is -0.0673. The van der Waals surface area contributed by atoms with E-state index in [1.165, 1.54) is 10.7 Å². The standard InChI is InChI=1S/C26H19F2N7O2/c1-31-11-15-8-17(3-4-19(15)30)35-26(36)24(14-2-5-20-18(9-14)16(10-29)12-32-20)25-21(34-35)6-7-23(33-25)37-13-22(27)28/h2-9,11-12,22,32H,13,30H2,1H3. The number of nitrogens with two attached hydrogens (primary N) is 1. The molecule has 0 atom stereocenters. The Labute approximate surface area is 208 Å². The van der Waals surface area contributed by atoms with Gasteiger partial charge in [0.05, 0.1) is 16.8 Å². The second kappa shape index (κ2) is 9.50. The predicted octanol–water partition coefficient (Wildman–Crippen LogP) is 4.08. The maximum Gasteiger partial charge on any atom is 0.281 e. The Morgan fingerprint density at radius 1 is 1.24 bits per heavy atom. The van der Waals surface area contributed by atoms with E-state index in [2.05, 4.69) is 26.1 Å². The Hall–Kier alpha value is -5.11. The summed E-state index contributed by atoms with van der Waals surface area (Å²) in [6, 6.07) is 15.2. The van der Waals surface area contributed by atoms with Crippen LogP contribution in [0.15, 0.2) is 64.5 Å². The van der Waals surface area contributed by atoms with Gasteiger partial charge in [-0.2, -0.15) is 15.0 Å². The zero-order chi connectivity index (χ0) is 26.1. The van der Waals surface area contributed by atoms with Crippen LogP contribution in [0.5, 0.6) is 5.88 Å². The van der Waals surface area contributed by atoms with Crippen LogP contribution in [0, 0.1) is 11.3 Å². The molecule has 0 saturated carbocycles. The van der Waals surface area contributed by atoms with Gasteiger partial charge >= 0.3 is 0 Å². The number of nitriles is 1. The second-order valence-electron chi connectivity index (χ2n) is 8.09. The van der Waals surface area contributed by atoms with Crippen molar-refractivity contribution in [3.63, 3.8) is 0 Å². The number of ether oxygens (including phenoxy) is 1. The van der Waals surface area contributed by atoms with Gasteiger partial charge in [-0.3, -0.25) is 9.79 Å². The molecule has 184 valence electrons. The van der Waals surface area contributed by atoms with Crippen LogP contribution in [0.25, 0.3) is 38.8 Å². The first-order valence-electron chi connectivity index (χ1n) is 11.1. The number of halogens is 2. The van der Waals surface area contributed by atoms with Gasteiger partial charge in [-0.05, 0) is 42.0 Å². The minimum absolute atomic E-state index is 0.0673. The van der Waals surface area contributed by atoms with Crippen molar-refractivity contribution in [3.8, 4) is 28.8 Å². The highest BCUT2D eigenvalue weighted by Crippen LogP contribution is 2.29. The molecule has 0 spiro atoms. The van der Waals surface area contributed by atoms with Crippen molar-refractivity contribution < 1.29 is 13.5 Å². The highest BCUT2D eigenvalue weighted by molar-refractivity contribution is 5.96. The molecule has 11 heteroatoms. The molecule has 0 bridgehead atoms. The summed E-state index contributed by atoms with van der Waals surface area (Å²) >= 11 is 0. The number of aliphatic imine (C=N–C) groups is 1. The quantitative estimate of drug-likeness (QED) is 0.267. The fraction of sp³-hybridized carbons (Fsp3) is 0.115. The molecule has 9 nitrogen and oxygen atoms in total. The SMILES string of the molecule is CN=Cc1cc(-n2nc3ccc(OCC(F)F)nc3c(-c3ccc4[nH]cc(C#N)c4c3)c2=O)ccc1N. The fourth-order valence-electron chi connectivity index (χ4n) is 4.04. The van der Waals surface area contributed by atoms with Crippen LogP contribution in [0.1, 0.15) is 11.1 Å². The summed E-state index contributed by atoms with van der Waals surface area (Å²) < 4.78 is 31.8. The van der Waals surface area contributed by atoms with Crippen molar-refractivity contribution in [3.05, 3.63) is 76.2 Å². The number of alkyl halides is 2. The molecule has 0 saturated heterocycles. The molecule has 2 aromatic carbocycles. The zero-order valence-electron chi connectivity index (χ0n) is 19.4. The molecule has 0 fully saturated rings. The third-order valence-electron chi connectivity index (χ3n) is 5.73. The van der Waals surface area contributed by atoms with Crippen LogP contribution in [0.3, 0.4) is 0 Å². The van der Waals surface area contributed by atoms with E-state index in [9.17, 15) is 18.8 Å². The minimum atomic E-state index is -2.69. The lowest BCUT2D eigenvalue weighted by molar-refractivity contribution is 0.0798. The molecule has 3 N–H and O–H groups in total. The Bertz CT molecular complexity index is 1780. The normalized spacial score (nSPS) is 11.5. The lowest BCUT2D eigenvalue weighted by Crippen LogP contribution is -2.24. The van der Waals surface area contributed by atoms with Gasteiger partial charge in [0, 0.05) is 47.7 Å². The number of pyridine rings is 1. The number of anilines is 1.